The summed E-state index contributed by atoms with van der Waals surface area (Å²) >= 11 is 0. The maximum absolute atomic E-state index is 10.8. The quantitative estimate of drug-likeness (QED) is 0.737. The molecule has 86 valence electrons. The normalized spacial score (nSPS) is 11.8. The van der Waals surface area contributed by atoms with E-state index >= 15 is 0 Å². The molecule has 1 aromatic rings. The van der Waals surface area contributed by atoms with Crippen LogP contribution in [0, 0.1) is 11.3 Å². The number of nitriles is 1. The van der Waals surface area contributed by atoms with Crippen LogP contribution in [0.4, 0.5) is 11.5 Å². The van der Waals surface area contributed by atoms with Gasteiger partial charge in [-0.3, -0.25) is 4.21 Å². The molecule has 0 radical (unpaired) electrons. The third kappa shape index (κ3) is 3.87. The van der Waals surface area contributed by atoms with Crippen LogP contribution in [0.1, 0.15) is 12.1 Å². The first-order chi connectivity index (χ1) is 7.63. The highest BCUT2D eigenvalue weighted by Gasteiger charge is 2.01. The lowest BCUT2D eigenvalue weighted by Gasteiger charge is -2.05. The number of aromatic nitrogens is 1. The molecule has 0 amide bonds. The predicted molar refractivity (Wildman–Crippen MR) is 65.4 cm³/mol. The lowest BCUT2D eigenvalue weighted by atomic mass is 10.3. The number of pyridine rings is 1. The van der Waals surface area contributed by atoms with Gasteiger partial charge in [0.2, 0.25) is 0 Å². The fourth-order valence-electron chi connectivity index (χ4n) is 1.15. The first kappa shape index (κ1) is 12.5. The summed E-state index contributed by atoms with van der Waals surface area (Å²) in [7, 11) is -0.766. The standard InChI is InChI=1S/C10H14N4OS/c1-16(15)6-2-5-13-10-4-3-8(12)9(7-11)14-10/h3-4H,2,5-6,12H2,1H3,(H,13,14). The number of nitrogens with one attached hydrogen (secondary N) is 1. The molecule has 0 aliphatic carbocycles. The van der Waals surface area contributed by atoms with Crippen LogP contribution < -0.4 is 11.1 Å². The van der Waals surface area contributed by atoms with Crippen molar-refractivity contribution in [2.24, 2.45) is 0 Å². The molecule has 3 N–H and O–H groups in total. The van der Waals surface area contributed by atoms with Crippen LogP contribution in [0.2, 0.25) is 0 Å². The molecule has 0 spiro atoms. The van der Waals surface area contributed by atoms with E-state index in [-0.39, 0.29) is 5.69 Å². The summed E-state index contributed by atoms with van der Waals surface area (Å²) in [5.74, 6) is 1.28. The number of nitrogens with two attached hydrogens (primary N) is 1. The molecule has 0 aliphatic rings. The highest BCUT2D eigenvalue weighted by Crippen LogP contribution is 2.11. The summed E-state index contributed by atoms with van der Waals surface area (Å²) in [6.45, 7) is 0.682. The van der Waals surface area contributed by atoms with Crippen molar-refractivity contribution < 1.29 is 4.21 Å². The van der Waals surface area contributed by atoms with Gasteiger partial charge >= 0.3 is 0 Å². The Morgan fingerprint density at radius 2 is 2.38 bits per heavy atom. The van der Waals surface area contributed by atoms with Crippen LogP contribution in [-0.2, 0) is 10.8 Å². The minimum absolute atomic E-state index is 0.226. The number of anilines is 2. The highest BCUT2D eigenvalue weighted by molar-refractivity contribution is 7.84. The zero-order valence-electron chi connectivity index (χ0n) is 9.06. The first-order valence-corrected chi connectivity index (χ1v) is 6.56. The van der Waals surface area contributed by atoms with Crippen LogP contribution in [0.15, 0.2) is 12.1 Å². The summed E-state index contributed by atoms with van der Waals surface area (Å²) in [5.41, 5.74) is 6.15. The topological polar surface area (TPSA) is 91.8 Å². The fraction of sp³-hybridized carbons (Fsp3) is 0.400. The van der Waals surface area contributed by atoms with Crippen LogP contribution in [-0.4, -0.2) is 27.7 Å². The van der Waals surface area contributed by atoms with Crippen molar-refractivity contribution in [3.8, 4) is 6.07 Å². The zero-order chi connectivity index (χ0) is 12.0. The lowest BCUT2D eigenvalue weighted by Crippen LogP contribution is -2.08. The van der Waals surface area contributed by atoms with Gasteiger partial charge in [0.05, 0.1) is 5.69 Å². The Labute approximate surface area is 97.1 Å². The molecular weight excluding hydrogens is 224 g/mol. The minimum Gasteiger partial charge on any atom is -0.396 e. The Bertz CT molecular complexity index is 427. The number of nitrogens with zero attached hydrogens (tertiary/aromatic N) is 2. The number of rotatable bonds is 5. The summed E-state index contributed by atoms with van der Waals surface area (Å²) in [6.07, 6.45) is 2.48. The minimum atomic E-state index is -0.766. The molecule has 6 heteroatoms. The predicted octanol–water partition coefficient (Wildman–Crippen LogP) is 0.716. The van der Waals surface area contributed by atoms with Crippen LogP contribution >= 0.6 is 0 Å². The maximum atomic E-state index is 10.8. The van der Waals surface area contributed by atoms with Gasteiger partial charge < -0.3 is 11.1 Å². The van der Waals surface area contributed by atoms with E-state index in [1.54, 1.807) is 18.4 Å². The van der Waals surface area contributed by atoms with E-state index in [4.69, 9.17) is 11.0 Å². The molecule has 0 saturated carbocycles. The van der Waals surface area contributed by atoms with Gasteiger partial charge in [-0.25, -0.2) is 4.98 Å². The van der Waals surface area contributed by atoms with Crippen LogP contribution in [0.3, 0.4) is 0 Å². The molecule has 0 fully saturated rings. The van der Waals surface area contributed by atoms with Crippen molar-refractivity contribution in [1.29, 1.82) is 5.26 Å². The van der Waals surface area contributed by atoms with Gasteiger partial charge in [0.15, 0.2) is 5.69 Å². The SMILES string of the molecule is CS(=O)CCCNc1ccc(N)c(C#N)n1. The largest absolute Gasteiger partial charge is 0.396 e. The second kappa shape index (κ2) is 6.08. The number of nitrogen functional groups attached to an aromatic ring is 1. The molecule has 0 saturated heterocycles. The Hall–Kier alpha value is -1.61. The van der Waals surface area contributed by atoms with Crippen molar-refractivity contribution in [3.05, 3.63) is 17.8 Å². The van der Waals surface area contributed by atoms with Crippen LogP contribution in [0.5, 0.6) is 0 Å². The molecule has 1 atom stereocenters. The van der Waals surface area contributed by atoms with Crippen molar-refractivity contribution in [3.63, 3.8) is 0 Å². The summed E-state index contributed by atoms with van der Waals surface area (Å²) in [5, 5.41) is 11.8. The third-order valence-electron chi connectivity index (χ3n) is 1.95. The highest BCUT2D eigenvalue weighted by atomic mass is 32.2. The Morgan fingerprint density at radius 3 is 3.00 bits per heavy atom. The zero-order valence-corrected chi connectivity index (χ0v) is 9.88. The lowest BCUT2D eigenvalue weighted by molar-refractivity contribution is 0.685. The van der Waals surface area contributed by atoms with E-state index in [1.165, 1.54) is 0 Å². The van der Waals surface area contributed by atoms with E-state index in [9.17, 15) is 4.21 Å². The Balaban J connectivity index is 2.49. The Morgan fingerprint density at radius 1 is 1.62 bits per heavy atom. The van der Waals surface area contributed by atoms with E-state index in [0.29, 0.717) is 23.8 Å². The first-order valence-electron chi connectivity index (χ1n) is 4.84. The van der Waals surface area contributed by atoms with Gasteiger partial charge in [-0.05, 0) is 18.6 Å². The van der Waals surface area contributed by atoms with Gasteiger partial charge in [0.1, 0.15) is 11.9 Å². The number of hydrogen-bond acceptors (Lipinski definition) is 5. The maximum Gasteiger partial charge on any atom is 0.165 e. The van der Waals surface area contributed by atoms with E-state index in [1.807, 2.05) is 6.07 Å². The van der Waals surface area contributed by atoms with Gasteiger partial charge in [0.25, 0.3) is 0 Å². The molecule has 16 heavy (non-hydrogen) atoms. The van der Waals surface area contributed by atoms with Gasteiger partial charge in [-0.1, -0.05) is 0 Å². The molecule has 1 unspecified atom stereocenters. The van der Waals surface area contributed by atoms with Crippen molar-refractivity contribution in [2.45, 2.75) is 6.42 Å². The van der Waals surface area contributed by atoms with Crippen molar-refractivity contribution in [2.75, 3.05) is 29.6 Å². The summed E-state index contributed by atoms with van der Waals surface area (Å²) < 4.78 is 10.8. The van der Waals surface area contributed by atoms with Gasteiger partial charge in [0, 0.05) is 29.4 Å². The third-order valence-corrected chi connectivity index (χ3v) is 2.81. The summed E-state index contributed by atoms with van der Waals surface area (Å²) in [6, 6.07) is 5.29. The van der Waals surface area contributed by atoms with Gasteiger partial charge in [-0.15, -0.1) is 0 Å². The average Bonchev–Trinajstić information content (AvgIpc) is 2.26. The molecule has 0 aliphatic heterocycles. The molecule has 0 aromatic carbocycles. The average molecular weight is 238 g/mol. The molecule has 1 aromatic heterocycles. The molecule has 0 bridgehead atoms. The molecular formula is C10H14N4OS. The smallest absolute Gasteiger partial charge is 0.165 e. The van der Waals surface area contributed by atoms with Crippen molar-refractivity contribution >= 4 is 22.3 Å². The van der Waals surface area contributed by atoms with Crippen molar-refractivity contribution in [1.82, 2.24) is 4.98 Å². The van der Waals surface area contributed by atoms with Gasteiger partial charge in [-0.2, -0.15) is 5.26 Å². The molecule has 1 heterocycles. The molecule has 1 rings (SSSR count). The van der Waals surface area contributed by atoms with Crippen LogP contribution in [0.25, 0.3) is 0 Å². The van der Waals surface area contributed by atoms with E-state index < -0.39 is 10.8 Å². The molecule has 5 nitrogen and oxygen atoms in total. The second-order valence-electron chi connectivity index (χ2n) is 3.30. The number of hydrogen-bond donors (Lipinski definition) is 2. The summed E-state index contributed by atoms with van der Waals surface area (Å²) in [4.78, 5) is 4.03. The van der Waals surface area contributed by atoms with E-state index in [2.05, 4.69) is 10.3 Å². The monoisotopic (exact) mass is 238 g/mol. The Kier molecular flexibility index (Phi) is 4.73. The fourth-order valence-corrected chi connectivity index (χ4v) is 1.70. The van der Waals surface area contributed by atoms with E-state index in [0.717, 1.165) is 6.42 Å². The second-order valence-corrected chi connectivity index (χ2v) is 4.86.